The Bertz CT molecular complexity index is 581. The zero-order valence-electron chi connectivity index (χ0n) is 12.9. The van der Waals surface area contributed by atoms with Crippen molar-refractivity contribution in [2.24, 2.45) is 7.05 Å². The van der Waals surface area contributed by atoms with E-state index in [1.54, 1.807) is 23.6 Å². The number of hydrogen-bond acceptors (Lipinski definition) is 6. The zero-order chi connectivity index (χ0) is 15.2. The highest BCUT2D eigenvalue weighted by Crippen LogP contribution is 2.29. The van der Waals surface area contributed by atoms with E-state index in [9.17, 15) is 0 Å². The SMILES string of the molecule is CCOCCSc1nnc(-c2cn(C)nc2OC)n1CC. The predicted octanol–water partition coefficient (Wildman–Crippen LogP) is 1.84. The van der Waals surface area contributed by atoms with Gasteiger partial charge in [-0.2, -0.15) is 0 Å². The van der Waals surface area contributed by atoms with E-state index in [0.717, 1.165) is 35.4 Å². The lowest BCUT2D eigenvalue weighted by molar-refractivity contribution is 0.164. The molecule has 2 rings (SSSR count). The van der Waals surface area contributed by atoms with Gasteiger partial charge < -0.3 is 14.0 Å². The van der Waals surface area contributed by atoms with E-state index in [0.29, 0.717) is 12.5 Å². The topological polar surface area (TPSA) is 67.0 Å². The lowest BCUT2D eigenvalue weighted by atomic mass is 10.3. The molecule has 0 amide bonds. The predicted molar refractivity (Wildman–Crippen MR) is 81.7 cm³/mol. The molecule has 2 heterocycles. The standard InChI is InChI=1S/C13H21N5O2S/c1-5-18-11(10-9-17(3)16-12(10)19-4)14-15-13(18)21-8-7-20-6-2/h9H,5-8H2,1-4H3. The van der Waals surface area contributed by atoms with Gasteiger partial charge in [0.05, 0.1) is 13.7 Å². The molecule has 0 saturated heterocycles. The summed E-state index contributed by atoms with van der Waals surface area (Å²) in [6.45, 7) is 6.30. The van der Waals surface area contributed by atoms with Crippen molar-refractivity contribution in [3.05, 3.63) is 6.20 Å². The van der Waals surface area contributed by atoms with Crippen LogP contribution in [0.2, 0.25) is 0 Å². The Hall–Kier alpha value is -1.54. The molecule has 0 unspecified atom stereocenters. The van der Waals surface area contributed by atoms with Crippen LogP contribution in [0.3, 0.4) is 0 Å². The fraction of sp³-hybridized carbons (Fsp3) is 0.615. The van der Waals surface area contributed by atoms with E-state index in [-0.39, 0.29) is 0 Å². The number of aromatic nitrogens is 5. The van der Waals surface area contributed by atoms with Crippen molar-refractivity contribution in [1.29, 1.82) is 0 Å². The van der Waals surface area contributed by atoms with Gasteiger partial charge in [0.15, 0.2) is 11.0 Å². The Morgan fingerprint density at radius 2 is 2.10 bits per heavy atom. The van der Waals surface area contributed by atoms with Gasteiger partial charge >= 0.3 is 0 Å². The van der Waals surface area contributed by atoms with Gasteiger partial charge in [0, 0.05) is 32.1 Å². The third-order valence-corrected chi connectivity index (χ3v) is 3.86. The van der Waals surface area contributed by atoms with Gasteiger partial charge in [0.25, 0.3) is 0 Å². The van der Waals surface area contributed by atoms with Crippen LogP contribution in [0.4, 0.5) is 0 Å². The van der Waals surface area contributed by atoms with Crippen LogP contribution in [0.1, 0.15) is 13.8 Å². The highest BCUT2D eigenvalue weighted by Gasteiger charge is 2.19. The van der Waals surface area contributed by atoms with Crippen LogP contribution in [0.25, 0.3) is 11.4 Å². The van der Waals surface area contributed by atoms with Crippen molar-refractivity contribution in [2.45, 2.75) is 25.5 Å². The van der Waals surface area contributed by atoms with Crippen molar-refractivity contribution in [3.8, 4) is 17.3 Å². The van der Waals surface area contributed by atoms with Gasteiger partial charge in [0.1, 0.15) is 5.56 Å². The van der Waals surface area contributed by atoms with E-state index in [4.69, 9.17) is 9.47 Å². The van der Waals surface area contributed by atoms with Gasteiger partial charge in [-0.25, -0.2) is 0 Å². The summed E-state index contributed by atoms with van der Waals surface area (Å²) in [6.07, 6.45) is 1.89. The van der Waals surface area contributed by atoms with E-state index < -0.39 is 0 Å². The fourth-order valence-corrected chi connectivity index (χ4v) is 2.84. The van der Waals surface area contributed by atoms with Gasteiger partial charge in [-0.1, -0.05) is 11.8 Å². The lowest BCUT2D eigenvalue weighted by Crippen LogP contribution is -2.02. The van der Waals surface area contributed by atoms with Crippen molar-refractivity contribution in [3.63, 3.8) is 0 Å². The minimum absolute atomic E-state index is 0.561. The van der Waals surface area contributed by atoms with Gasteiger partial charge in [-0.15, -0.1) is 15.3 Å². The molecule has 0 aliphatic heterocycles. The van der Waals surface area contributed by atoms with Crippen LogP contribution in [0.15, 0.2) is 11.4 Å². The van der Waals surface area contributed by atoms with E-state index in [2.05, 4.69) is 26.8 Å². The molecule has 0 saturated carbocycles. The van der Waals surface area contributed by atoms with Crippen LogP contribution in [-0.2, 0) is 18.3 Å². The molecule has 2 aromatic rings. The molecule has 0 aliphatic carbocycles. The first-order chi connectivity index (χ1) is 10.2. The number of nitrogens with zero attached hydrogens (tertiary/aromatic N) is 5. The first kappa shape index (κ1) is 15.8. The van der Waals surface area contributed by atoms with Gasteiger partial charge in [-0.3, -0.25) is 4.68 Å². The average Bonchev–Trinajstić information content (AvgIpc) is 3.06. The highest BCUT2D eigenvalue weighted by molar-refractivity contribution is 7.99. The normalized spacial score (nSPS) is 11.0. The molecular weight excluding hydrogens is 290 g/mol. The van der Waals surface area contributed by atoms with Crippen molar-refractivity contribution in [1.82, 2.24) is 24.5 Å². The number of hydrogen-bond donors (Lipinski definition) is 0. The summed E-state index contributed by atoms with van der Waals surface area (Å²) in [5.41, 5.74) is 0.853. The third-order valence-electron chi connectivity index (χ3n) is 2.93. The summed E-state index contributed by atoms with van der Waals surface area (Å²) in [4.78, 5) is 0. The van der Waals surface area contributed by atoms with Crippen LogP contribution in [-0.4, -0.2) is 50.6 Å². The molecule has 0 aromatic carbocycles. The molecule has 0 spiro atoms. The van der Waals surface area contributed by atoms with Crippen LogP contribution in [0.5, 0.6) is 5.88 Å². The van der Waals surface area contributed by atoms with E-state index in [1.165, 1.54) is 0 Å². The molecule has 0 atom stereocenters. The lowest BCUT2D eigenvalue weighted by Gasteiger charge is -2.06. The molecule has 2 aromatic heterocycles. The number of methoxy groups -OCH3 is 1. The Labute approximate surface area is 128 Å². The Morgan fingerprint density at radius 1 is 1.29 bits per heavy atom. The highest BCUT2D eigenvalue weighted by atomic mass is 32.2. The molecule has 0 fully saturated rings. The monoisotopic (exact) mass is 311 g/mol. The third kappa shape index (κ3) is 3.56. The first-order valence-electron chi connectivity index (χ1n) is 6.93. The molecule has 21 heavy (non-hydrogen) atoms. The minimum Gasteiger partial charge on any atom is -0.479 e. The maximum absolute atomic E-state index is 5.35. The summed E-state index contributed by atoms with van der Waals surface area (Å²) in [5, 5.41) is 13.7. The smallest absolute Gasteiger partial charge is 0.243 e. The fourth-order valence-electron chi connectivity index (χ4n) is 1.99. The molecular formula is C13H21N5O2S. The zero-order valence-corrected chi connectivity index (χ0v) is 13.7. The Kier molecular flexibility index (Phi) is 5.63. The summed E-state index contributed by atoms with van der Waals surface area (Å²) >= 11 is 1.64. The summed E-state index contributed by atoms with van der Waals surface area (Å²) in [7, 11) is 3.46. The summed E-state index contributed by atoms with van der Waals surface area (Å²) in [5.74, 6) is 2.20. The molecule has 7 nitrogen and oxygen atoms in total. The summed E-state index contributed by atoms with van der Waals surface area (Å²) in [6, 6.07) is 0. The van der Waals surface area contributed by atoms with Crippen LogP contribution in [0, 0.1) is 0 Å². The number of aryl methyl sites for hydroxylation is 1. The minimum atomic E-state index is 0.561. The molecule has 0 radical (unpaired) electrons. The van der Waals surface area contributed by atoms with Gasteiger partial charge in [0.2, 0.25) is 5.88 Å². The average molecular weight is 311 g/mol. The van der Waals surface area contributed by atoms with Crippen LogP contribution >= 0.6 is 11.8 Å². The molecule has 0 N–H and O–H groups in total. The number of thioether (sulfide) groups is 1. The number of ether oxygens (including phenoxy) is 2. The van der Waals surface area contributed by atoms with Crippen LogP contribution < -0.4 is 4.74 Å². The second-order valence-corrected chi connectivity index (χ2v) is 5.38. The molecule has 116 valence electrons. The quantitative estimate of drug-likeness (QED) is 0.547. The Balaban J connectivity index is 2.22. The second-order valence-electron chi connectivity index (χ2n) is 4.32. The number of rotatable bonds is 8. The maximum atomic E-state index is 5.35. The first-order valence-corrected chi connectivity index (χ1v) is 7.91. The summed E-state index contributed by atoms with van der Waals surface area (Å²) < 4.78 is 14.4. The second kappa shape index (κ2) is 7.46. The van der Waals surface area contributed by atoms with Crippen molar-refractivity contribution in [2.75, 3.05) is 26.1 Å². The molecule has 0 aliphatic rings. The van der Waals surface area contributed by atoms with Gasteiger partial charge in [-0.05, 0) is 13.8 Å². The Morgan fingerprint density at radius 3 is 2.76 bits per heavy atom. The molecule has 8 heteroatoms. The van der Waals surface area contributed by atoms with Crippen molar-refractivity contribution >= 4 is 11.8 Å². The van der Waals surface area contributed by atoms with E-state index >= 15 is 0 Å². The van der Waals surface area contributed by atoms with Crippen molar-refractivity contribution < 1.29 is 9.47 Å². The van der Waals surface area contributed by atoms with E-state index in [1.807, 2.05) is 20.2 Å². The largest absolute Gasteiger partial charge is 0.479 e. The maximum Gasteiger partial charge on any atom is 0.243 e. The molecule has 0 bridgehead atoms.